The van der Waals surface area contributed by atoms with Crippen molar-refractivity contribution in [3.8, 4) is 5.75 Å². The van der Waals surface area contributed by atoms with Crippen molar-refractivity contribution in [2.24, 2.45) is 0 Å². The van der Waals surface area contributed by atoms with Crippen LogP contribution in [0.1, 0.15) is 65.5 Å². The summed E-state index contributed by atoms with van der Waals surface area (Å²) in [6.45, 7) is 12.4. The van der Waals surface area contributed by atoms with Crippen LogP contribution in [0.3, 0.4) is 0 Å². The van der Waals surface area contributed by atoms with E-state index in [1.165, 1.54) is 5.56 Å². The minimum absolute atomic E-state index is 0.0291. The van der Waals surface area contributed by atoms with Gasteiger partial charge in [0.1, 0.15) is 11.8 Å². The molecule has 0 fully saturated rings. The van der Waals surface area contributed by atoms with Gasteiger partial charge in [0.2, 0.25) is 5.91 Å². The third-order valence-electron chi connectivity index (χ3n) is 5.77. The molecule has 33 heavy (non-hydrogen) atoms. The van der Waals surface area contributed by atoms with E-state index in [0.29, 0.717) is 17.2 Å². The van der Waals surface area contributed by atoms with Gasteiger partial charge in [-0.3, -0.25) is 9.59 Å². The summed E-state index contributed by atoms with van der Waals surface area (Å²) in [4.78, 5) is 27.9. The number of hydrogen-bond donors (Lipinski definition) is 1. The van der Waals surface area contributed by atoms with Crippen molar-refractivity contribution in [3.63, 3.8) is 0 Å². The van der Waals surface area contributed by atoms with E-state index in [9.17, 15) is 9.59 Å². The first-order valence-corrected chi connectivity index (χ1v) is 12.0. The molecule has 6 heteroatoms. The molecule has 0 saturated heterocycles. The minimum atomic E-state index is -0.616. The summed E-state index contributed by atoms with van der Waals surface area (Å²) < 4.78 is 5.81. The van der Waals surface area contributed by atoms with Crippen LogP contribution in [0.25, 0.3) is 0 Å². The van der Waals surface area contributed by atoms with E-state index in [1.807, 2.05) is 63.2 Å². The van der Waals surface area contributed by atoms with Gasteiger partial charge in [0.15, 0.2) is 6.61 Å². The Kier molecular flexibility index (Phi) is 9.78. The second-order valence-corrected chi connectivity index (χ2v) is 9.83. The van der Waals surface area contributed by atoms with Crippen LogP contribution >= 0.6 is 11.6 Å². The number of carbonyl (C=O) groups is 2. The van der Waals surface area contributed by atoms with Gasteiger partial charge in [0, 0.05) is 17.6 Å². The fourth-order valence-corrected chi connectivity index (χ4v) is 3.65. The summed E-state index contributed by atoms with van der Waals surface area (Å²) in [5.74, 6) is 0.189. The Morgan fingerprint density at radius 3 is 2.21 bits per heavy atom. The molecule has 0 aromatic heterocycles. The van der Waals surface area contributed by atoms with E-state index in [-0.39, 0.29) is 36.4 Å². The molecular formula is C27H37ClN2O3. The lowest BCUT2D eigenvalue weighted by molar-refractivity contribution is -0.143. The SMILES string of the molecule is CC[C@H](C(=O)N[C@@H](C)CC)N(Cc1ccccc1Cl)C(=O)COc1ccc(C(C)(C)C)cc1. The molecule has 0 aliphatic rings. The van der Waals surface area contributed by atoms with E-state index < -0.39 is 6.04 Å². The van der Waals surface area contributed by atoms with Crippen LogP contribution in [0.2, 0.25) is 5.02 Å². The number of hydrogen-bond acceptors (Lipinski definition) is 3. The van der Waals surface area contributed by atoms with E-state index >= 15 is 0 Å². The predicted octanol–water partition coefficient (Wildman–Crippen LogP) is 5.74. The van der Waals surface area contributed by atoms with E-state index in [1.54, 1.807) is 11.0 Å². The summed E-state index contributed by atoms with van der Waals surface area (Å²) in [6.07, 6.45) is 1.30. The van der Waals surface area contributed by atoms with E-state index in [2.05, 4.69) is 26.1 Å². The second-order valence-electron chi connectivity index (χ2n) is 9.42. The smallest absolute Gasteiger partial charge is 0.261 e. The number of benzene rings is 2. The Morgan fingerprint density at radius 2 is 1.67 bits per heavy atom. The van der Waals surface area contributed by atoms with Gasteiger partial charge in [0.05, 0.1) is 0 Å². The zero-order chi connectivity index (χ0) is 24.6. The van der Waals surface area contributed by atoms with Crippen LogP contribution in [-0.2, 0) is 21.5 Å². The first kappa shape index (κ1) is 26.7. The molecule has 2 rings (SSSR count). The largest absolute Gasteiger partial charge is 0.484 e. The van der Waals surface area contributed by atoms with Gasteiger partial charge >= 0.3 is 0 Å². The molecule has 180 valence electrons. The lowest BCUT2D eigenvalue weighted by Crippen LogP contribution is -2.51. The Hall–Kier alpha value is -2.53. The summed E-state index contributed by atoms with van der Waals surface area (Å²) in [5, 5.41) is 3.57. The number of carbonyl (C=O) groups excluding carboxylic acids is 2. The van der Waals surface area contributed by atoms with Crippen molar-refractivity contribution >= 4 is 23.4 Å². The van der Waals surface area contributed by atoms with Crippen molar-refractivity contribution in [2.75, 3.05) is 6.61 Å². The highest BCUT2D eigenvalue weighted by Gasteiger charge is 2.30. The quantitative estimate of drug-likeness (QED) is 0.479. The molecule has 0 spiro atoms. The van der Waals surface area contributed by atoms with Crippen LogP contribution in [0.5, 0.6) is 5.75 Å². The highest BCUT2D eigenvalue weighted by molar-refractivity contribution is 6.31. The van der Waals surface area contributed by atoms with Gasteiger partial charge in [0.25, 0.3) is 5.91 Å². The average molecular weight is 473 g/mol. The van der Waals surface area contributed by atoms with Crippen LogP contribution in [-0.4, -0.2) is 35.4 Å². The summed E-state index contributed by atoms with van der Waals surface area (Å²) in [5.41, 5.74) is 2.02. The third-order valence-corrected chi connectivity index (χ3v) is 6.14. The number of amides is 2. The Labute approximate surface area is 203 Å². The zero-order valence-electron chi connectivity index (χ0n) is 20.7. The Bertz CT molecular complexity index is 922. The first-order chi connectivity index (χ1) is 15.6. The normalized spacial score (nSPS) is 13.2. The average Bonchev–Trinajstić information content (AvgIpc) is 2.78. The maximum absolute atomic E-state index is 13.3. The molecule has 2 amide bonds. The van der Waals surface area contributed by atoms with Crippen molar-refractivity contribution in [2.45, 2.75) is 78.4 Å². The summed E-state index contributed by atoms with van der Waals surface area (Å²) in [7, 11) is 0. The third kappa shape index (κ3) is 7.78. The van der Waals surface area contributed by atoms with E-state index in [4.69, 9.17) is 16.3 Å². The summed E-state index contributed by atoms with van der Waals surface area (Å²) >= 11 is 6.36. The fraction of sp³-hybridized carbons (Fsp3) is 0.481. The van der Waals surface area contributed by atoms with Crippen molar-refractivity contribution < 1.29 is 14.3 Å². The second kappa shape index (κ2) is 12.1. The van der Waals surface area contributed by atoms with Crippen LogP contribution < -0.4 is 10.1 Å². The van der Waals surface area contributed by atoms with Gasteiger partial charge in [-0.05, 0) is 54.5 Å². The lowest BCUT2D eigenvalue weighted by Gasteiger charge is -2.31. The van der Waals surface area contributed by atoms with Crippen LogP contribution in [0.4, 0.5) is 0 Å². The Morgan fingerprint density at radius 1 is 1.03 bits per heavy atom. The molecule has 5 nitrogen and oxygen atoms in total. The monoisotopic (exact) mass is 472 g/mol. The number of nitrogens with one attached hydrogen (secondary N) is 1. The molecule has 0 unspecified atom stereocenters. The molecule has 0 aliphatic carbocycles. The number of nitrogens with zero attached hydrogens (tertiary/aromatic N) is 1. The molecule has 1 N–H and O–H groups in total. The van der Waals surface area contributed by atoms with Gasteiger partial charge in [-0.15, -0.1) is 0 Å². The molecule has 0 radical (unpaired) electrons. The van der Waals surface area contributed by atoms with E-state index in [0.717, 1.165) is 12.0 Å². The van der Waals surface area contributed by atoms with Crippen molar-refractivity contribution in [1.29, 1.82) is 0 Å². The molecule has 2 aromatic rings. The molecule has 2 atom stereocenters. The zero-order valence-corrected chi connectivity index (χ0v) is 21.4. The summed E-state index contributed by atoms with van der Waals surface area (Å²) in [6, 6.07) is 14.5. The maximum atomic E-state index is 13.3. The van der Waals surface area contributed by atoms with Gasteiger partial charge < -0.3 is 15.0 Å². The van der Waals surface area contributed by atoms with Gasteiger partial charge in [-0.25, -0.2) is 0 Å². The molecule has 0 saturated carbocycles. The van der Waals surface area contributed by atoms with Crippen molar-refractivity contribution in [3.05, 3.63) is 64.7 Å². The molecule has 0 aliphatic heterocycles. The maximum Gasteiger partial charge on any atom is 0.261 e. The predicted molar refractivity (Wildman–Crippen MR) is 135 cm³/mol. The molecule has 0 bridgehead atoms. The van der Waals surface area contributed by atoms with Crippen LogP contribution in [0.15, 0.2) is 48.5 Å². The van der Waals surface area contributed by atoms with Gasteiger partial charge in [-0.1, -0.05) is 76.6 Å². The number of rotatable bonds is 10. The molecular weight excluding hydrogens is 436 g/mol. The fourth-order valence-electron chi connectivity index (χ4n) is 3.45. The van der Waals surface area contributed by atoms with Crippen LogP contribution in [0, 0.1) is 0 Å². The highest BCUT2D eigenvalue weighted by Crippen LogP contribution is 2.25. The Balaban J connectivity index is 2.21. The topological polar surface area (TPSA) is 58.6 Å². The van der Waals surface area contributed by atoms with Gasteiger partial charge in [-0.2, -0.15) is 0 Å². The highest BCUT2D eigenvalue weighted by atomic mass is 35.5. The molecule has 2 aromatic carbocycles. The van der Waals surface area contributed by atoms with Crippen molar-refractivity contribution in [1.82, 2.24) is 10.2 Å². The lowest BCUT2D eigenvalue weighted by atomic mass is 9.87. The molecule has 0 heterocycles. The number of halogens is 1. The minimum Gasteiger partial charge on any atom is -0.484 e. The number of ether oxygens (including phenoxy) is 1. The standard InChI is InChI=1S/C27H37ClN2O3/c1-7-19(3)29-26(32)24(8-2)30(17-20-11-9-10-12-23(20)28)25(31)18-33-22-15-13-21(14-16-22)27(4,5)6/h9-16,19,24H,7-8,17-18H2,1-6H3,(H,29,32)/t19-,24+/m0/s1. The first-order valence-electron chi connectivity index (χ1n) is 11.6.